The lowest BCUT2D eigenvalue weighted by Crippen LogP contribution is -2.58. The molecule has 2 amide bonds. The van der Waals surface area contributed by atoms with Crippen LogP contribution >= 0.6 is 0 Å². The number of hydrogen-bond acceptors (Lipinski definition) is 7. The Labute approximate surface area is 254 Å². The first-order chi connectivity index (χ1) is 20.8. The molecule has 43 heavy (non-hydrogen) atoms. The SMILES string of the molecule is Cc1ncnc(C)c1C(=O)N1CCC(C)(N2CCC(N(Cc3ccccc3)c3ccc(N4CCOC4=O)cc3)CC2)CC1. The zero-order valence-corrected chi connectivity index (χ0v) is 25.5. The number of aryl methyl sites for hydroxylation is 2. The van der Waals surface area contributed by atoms with Crippen LogP contribution < -0.4 is 9.80 Å². The van der Waals surface area contributed by atoms with E-state index in [1.165, 1.54) is 17.6 Å². The number of amides is 2. The van der Waals surface area contributed by atoms with Crippen LogP contribution in [-0.4, -0.2) is 82.7 Å². The molecule has 6 rings (SSSR count). The van der Waals surface area contributed by atoms with Crippen LogP contribution in [0.2, 0.25) is 0 Å². The Kier molecular flexibility index (Phi) is 8.34. The topological polar surface area (TPSA) is 82.1 Å². The Morgan fingerprint density at radius 2 is 1.58 bits per heavy atom. The van der Waals surface area contributed by atoms with E-state index < -0.39 is 0 Å². The highest BCUT2D eigenvalue weighted by Gasteiger charge is 2.40. The van der Waals surface area contributed by atoms with Crippen molar-refractivity contribution in [3.8, 4) is 0 Å². The second kappa shape index (κ2) is 12.3. The number of likely N-dealkylation sites (tertiary alicyclic amines) is 2. The van der Waals surface area contributed by atoms with Crippen LogP contribution in [-0.2, 0) is 11.3 Å². The summed E-state index contributed by atoms with van der Waals surface area (Å²) >= 11 is 0. The van der Waals surface area contributed by atoms with E-state index in [1.54, 1.807) is 4.90 Å². The first-order valence-electron chi connectivity index (χ1n) is 15.5. The van der Waals surface area contributed by atoms with E-state index in [-0.39, 0.29) is 17.5 Å². The van der Waals surface area contributed by atoms with Crippen molar-refractivity contribution < 1.29 is 14.3 Å². The molecule has 0 atom stereocenters. The van der Waals surface area contributed by atoms with Gasteiger partial charge in [0, 0.05) is 55.7 Å². The molecule has 1 aromatic heterocycles. The van der Waals surface area contributed by atoms with Gasteiger partial charge in [-0.15, -0.1) is 0 Å². The van der Waals surface area contributed by atoms with E-state index in [9.17, 15) is 9.59 Å². The summed E-state index contributed by atoms with van der Waals surface area (Å²) < 4.78 is 5.13. The van der Waals surface area contributed by atoms with Gasteiger partial charge in [-0.05, 0) is 76.3 Å². The molecule has 3 fully saturated rings. The molecule has 226 valence electrons. The van der Waals surface area contributed by atoms with Crippen LogP contribution in [0.5, 0.6) is 0 Å². The van der Waals surface area contributed by atoms with Gasteiger partial charge < -0.3 is 14.5 Å². The van der Waals surface area contributed by atoms with Crippen molar-refractivity contribution in [2.45, 2.75) is 64.6 Å². The largest absolute Gasteiger partial charge is 0.447 e. The van der Waals surface area contributed by atoms with Gasteiger partial charge >= 0.3 is 6.09 Å². The van der Waals surface area contributed by atoms with Gasteiger partial charge in [0.05, 0.1) is 23.5 Å². The lowest BCUT2D eigenvalue weighted by Gasteiger charge is -2.50. The number of hydrogen-bond donors (Lipinski definition) is 0. The average Bonchev–Trinajstić information content (AvgIpc) is 3.46. The van der Waals surface area contributed by atoms with Gasteiger partial charge in [0.2, 0.25) is 0 Å². The van der Waals surface area contributed by atoms with Gasteiger partial charge in [-0.2, -0.15) is 0 Å². The number of cyclic esters (lactones) is 1. The Balaban J connectivity index is 1.11. The molecule has 0 saturated carbocycles. The fraction of sp³-hybridized carbons (Fsp3) is 0.471. The third-order valence-electron chi connectivity index (χ3n) is 9.69. The Hall–Kier alpha value is -3.98. The summed E-state index contributed by atoms with van der Waals surface area (Å²) in [5.41, 5.74) is 5.57. The first-order valence-corrected chi connectivity index (χ1v) is 15.5. The summed E-state index contributed by atoms with van der Waals surface area (Å²) in [6.45, 7) is 11.6. The van der Waals surface area contributed by atoms with Crippen LogP contribution in [0, 0.1) is 13.8 Å². The summed E-state index contributed by atoms with van der Waals surface area (Å²) in [6.07, 6.45) is 5.33. The maximum atomic E-state index is 13.3. The third kappa shape index (κ3) is 6.09. The summed E-state index contributed by atoms with van der Waals surface area (Å²) in [5, 5.41) is 0. The standard InChI is InChI=1S/C34H42N6O3/c1-25-31(26(2)36-24-35-25)32(41)37-19-15-34(3,16-20-37)38-17-13-30(14-18-38)40(23-27-7-5-4-6-8-27)29-11-9-28(10-12-29)39-21-22-43-33(39)42/h4-12,24,30H,13-23H2,1-3H3. The molecule has 9 nitrogen and oxygen atoms in total. The number of carbonyl (C=O) groups is 2. The minimum absolute atomic E-state index is 0.0561. The van der Waals surface area contributed by atoms with Gasteiger partial charge in [0.25, 0.3) is 5.91 Å². The minimum atomic E-state index is -0.274. The number of nitrogens with zero attached hydrogens (tertiary/aromatic N) is 6. The van der Waals surface area contributed by atoms with E-state index in [4.69, 9.17) is 4.74 Å². The molecular weight excluding hydrogens is 540 g/mol. The number of rotatable bonds is 7. The highest BCUT2D eigenvalue weighted by Crippen LogP contribution is 2.35. The molecule has 0 bridgehead atoms. The van der Waals surface area contributed by atoms with Crippen molar-refractivity contribution in [3.05, 3.63) is 83.4 Å². The van der Waals surface area contributed by atoms with Crippen LogP contribution in [0.1, 0.15) is 59.9 Å². The summed E-state index contributed by atoms with van der Waals surface area (Å²) in [6, 6.07) is 19.4. The molecule has 4 heterocycles. The van der Waals surface area contributed by atoms with Crippen molar-refractivity contribution >= 4 is 23.4 Å². The van der Waals surface area contributed by atoms with E-state index >= 15 is 0 Å². The lowest BCUT2D eigenvalue weighted by atomic mass is 9.85. The monoisotopic (exact) mass is 582 g/mol. The number of aromatic nitrogens is 2. The first kappa shape index (κ1) is 29.1. The Morgan fingerprint density at radius 1 is 0.930 bits per heavy atom. The Bertz CT molecular complexity index is 1410. The van der Waals surface area contributed by atoms with Crippen molar-refractivity contribution in [2.75, 3.05) is 49.1 Å². The fourth-order valence-corrected chi connectivity index (χ4v) is 6.95. The summed E-state index contributed by atoms with van der Waals surface area (Å²) in [5.74, 6) is 0.0561. The van der Waals surface area contributed by atoms with Crippen LogP contribution in [0.15, 0.2) is 60.9 Å². The van der Waals surface area contributed by atoms with E-state index in [0.717, 1.165) is 75.5 Å². The highest BCUT2D eigenvalue weighted by atomic mass is 16.6. The minimum Gasteiger partial charge on any atom is -0.447 e. The normalized spacial score (nSPS) is 19.4. The van der Waals surface area contributed by atoms with Gasteiger partial charge in [0.1, 0.15) is 12.9 Å². The predicted octanol–water partition coefficient (Wildman–Crippen LogP) is 5.22. The number of ether oxygens (including phenoxy) is 1. The number of benzene rings is 2. The van der Waals surface area contributed by atoms with E-state index in [2.05, 4.69) is 69.2 Å². The molecule has 0 unspecified atom stereocenters. The molecule has 2 aromatic carbocycles. The third-order valence-corrected chi connectivity index (χ3v) is 9.69. The van der Waals surface area contributed by atoms with Gasteiger partial charge in [-0.1, -0.05) is 30.3 Å². The molecule has 0 N–H and O–H groups in total. The van der Waals surface area contributed by atoms with Gasteiger partial charge in [-0.25, -0.2) is 14.8 Å². The maximum Gasteiger partial charge on any atom is 0.414 e. The lowest BCUT2D eigenvalue weighted by molar-refractivity contribution is 0.0170. The zero-order valence-electron chi connectivity index (χ0n) is 25.5. The fourth-order valence-electron chi connectivity index (χ4n) is 6.95. The van der Waals surface area contributed by atoms with Crippen LogP contribution in [0.25, 0.3) is 0 Å². The summed E-state index contributed by atoms with van der Waals surface area (Å²) in [4.78, 5) is 42.8. The molecular formula is C34H42N6O3. The highest BCUT2D eigenvalue weighted by molar-refractivity contribution is 5.96. The number of piperidine rings is 2. The molecule has 3 aliphatic heterocycles. The van der Waals surface area contributed by atoms with Crippen molar-refractivity contribution in [2.24, 2.45) is 0 Å². The molecule has 0 radical (unpaired) electrons. The molecule has 9 heteroatoms. The predicted molar refractivity (Wildman–Crippen MR) is 167 cm³/mol. The van der Waals surface area contributed by atoms with Crippen molar-refractivity contribution in [3.63, 3.8) is 0 Å². The van der Waals surface area contributed by atoms with E-state index in [0.29, 0.717) is 24.8 Å². The molecule has 3 aromatic rings. The molecule has 0 spiro atoms. The van der Waals surface area contributed by atoms with Crippen LogP contribution in [0.3, 0.4) is 0 Å². The van der Waals surface area contributed by atoms with Crippen LogP contribution in [0.4, 0.5) is 16.2 Å². The average molecular weight is 583 g/mol. The van der Waals surface area contributed by atoms with Gasteiger partial charge in [-0.3, -0.25) is 14.6 Å². The zero-order chi connectivity index (χ0) is 30.0. The quantitative estimate of drug-likeness (QED) is 0.378. The summed E-state index contributed by atoms with van der Waals surface area (Å²) in [7, 11) is 0. The molecule has 3 aliphatic rings. The second-order valence-electron chi connectivity index (χ2n) is 12.3. The van der Waals surface area contributed by atoms with Crippen molar-refractivity contribution in [1.82, 2.24) is 19.8 Å². The maximum absolute atomic E-state index is 13.3. The number of anilines is 2. The van der Waals surface area contributed by atoms with Crippen molar-refractivity contribution in [1.29, 1.82) is 0 Å². The van der Waals surface area contributed by atoms with Gasteiger partial charge in [0.15, 0.2) is 0 Å². The Morgan fingerprint density at radius 3 is 2.19 bits per heavy atom. The molecule has 0 aliphatic carbocycles. The smallest absolute Gasteiger partial charge is 0.414 e. The second-order valence-corrected chi connectivity index (χ2v) is 12.3. The number of carbonyl (C=O) groups excluding carboxylic acids is 2. The molecule has 3 saturated heterocycles. The van der Waals surface area contributed by atoms with E-state index in [1.807, 2.05) is 30.9 Å².